The molecule has 0 amide bonds. The maximum atomic E-state index is 10.5. The molecule has 0 rings (SSSR count). The van der Waals surface area contributed by atoms with Crippen molar-refractivity contribution >= 4 is 18.4 Å². The molecule has 0 aliphatic rings. The summed E-state index contributed by atoms with van der Waals surface area (Å²) in [6.07, 6.45) is 0. The van der Waals surface area contributed by atoms with Gasteiger partial charge in [0.15, 0.2) is 0 Å². The fourth-order valence-corrected chi connectivity index (χ4v) is 0.825. The molecule has 11 heavy (non-hydrogen) atoms. The highest BCUT2D eigenvalue weighted by Gasteiger charge is 2.29. The van der Waals surface area contributed by atoms with Gasteiger partial charge in [-0.2, -0.15) is 0 Å². The summed E-state index contributed by atoms with van der Waals surface area (Å²) in [5, 5.41) is 8.63. The van der Waals surface area contributed by atoms with Crippen molar-refractivity contribution in [3.8, 4) is 0 Å². The van der Waals surface area contributed by atoms with Gasteiger partial charge >= 0.3 is 5.97 Å². The van der Waals surface area contributed by atoms with E-state index in [9.17, 15) is 4.79 Å². The molecular weight excluding hydrogens is 166 g/mol. The summed E-state index contributed by atoms with van der Waals surface area (Å²) < 4.78 is 0. The van der Waals surface area contributed by atoms with Crippen LogP contribution in [0.5, 0.6) is 0 Å². The summed E-state index contributed by atoms with van der Waals surface area (Å²) in [5.41, 5.74) is 5.04. The summed E-state index contributed by atoms with van der Waals surface area (Å²) in [4.78, 5) is 10.5. The summed E-state index contributed by atoms with van der Waals surface area (Å²) >= 11 is 0. The number of carboxylic acid groups (broad SMARTS) is 1. The van der Waals surface area contributed by atoms with E-state index in [4.69, 9.17) is 10.8 Å². The number of carbonyl (C=O) groups is 1. The van der Waals surface area contributed by atoms with E-state index in [2.05, 4.69) is 0 Å². The highest BCUT2D eigenvalue weighted by Crippen LogP contribution is 2.24. The van der Waals surface area contributed by atoms with Gasteiger partial charge in [-0.25, -0.2) is 0 Å². The number of hydrogen-bond donors (Lipinski definition) is 2. The minimum Gasteiger partial charge on any atom is -0.481 e. The number of rotatable bonds is 2. The lowest BCUT2D eigenvalue weighted by atomic mass is 9.81. The minimum absolute atomic E-state index is 0. The van der Waals surface area contributed by atoms with Gasteiger partial charge in [-0.1, -0.05) is 20.8 Å². The third-order valence-corrected chi connectivity index (χ3v) is 1.58. The van der Waals surface area contributed by atoms with Gasteiger partial charge in [0.1, 0.15) is 0 Å². The van der Waals surface area contributed by atoms with Gasteiger partial charge in [0, 0.05) is 6.54 Å². The summed E-state index contributed by atoms with van der Waals surface area (Å²) in [6.45, 7) is 5.83. The van der Waals surface area contributed by atoms with Gasteiger partial charge in [-0.3, -0.25) is 4.79 Å². The average Bonchev–Trinajstić information content (AvgIpc) is 1.60. The van der Waals surface area contributed by atoms with Crippen LogP contribution >= 0.6 is 12.4 Å². The fourth-order valence-electron chi connectivity index (χ4n) is 0.825. The van der Waals surface area contributed by atoms with E-state index < -0.39 is 11.9 Å². The zero-order valence-corrected chi connectivity index (χ0v) is 7.94. The van der Waals surface area contributed by atoms with Crippen molar-refractivity contribution in [1.82, 2.24) is 0 Å². The van der Waals surface area contributed by atoms with Crippen LogP contribution in [0.4, 0.5) is 0 Å². The number of hydrogen-bond acceptors (Lipinski definition) is 2. The van der Waals surface area contributed by atoms with Crippen LogP contribution in [-0.2, 0) is 4.79 Å². The number of carboxylic acids is 1. The standard InChI is InChI=1S/C7H15NO2.ClH/c1-7(2,3)5(4-8)6(9)10;/h5H,4,8H2,1-3H3,(H,9,10);1H/t5-;/m1./s1. The third kappa shape index (κ3) is 4.22. The summed E-state index contributed by atoms with van der Waals surface area (Å²) in [5.74, 6) is -1.25. The molecule has 0 aromatic heterocycles. The smallest absolute Gasteiger partial charge is 0.308 e. The Kier molecular flexibility index (Phi) is 5.53. The van der Waals surface area contributed by atoms with E-state index in [1.165, 1.54) is 0 Å². The molecule has 3 N–H and O–H groups in total. The quantitative estimate of drug-likeness (QED) is 0.671. The van der Waals surface area contributed by atoms with Gasteiger partial charge in [-0.15, -0.1) is 12.4 Å². The molecule has 1 atom stereocenters. The summed E-state index contributed by atoms with van der Waals surface area (Å²) in [6, 6.07) is 0. The maximum Gasteiger partial charge on any atom is 0.308 e. The maximum absolute atomic E-state index is 10.5. The van der Waals surface area contributed by atoms with Crippen LogP contribution in [0.1, 0.15) is 20.8 Å². The Hall–Kier alpha value is -0.280. The molecule has 68 valence electrons. The Balaban J connectivity index is 0. The molecule has 0 aliphatic heterocycles. The molecule has 0 aromatic carbocycles. The molecule has 0 fully saturated rings. The van der Waals surface area contributed by atoms with Crippen molar-refractivity contribution in [1.29, 1.82) is 0 Å². The van der Waals surface area contributed by atoms with Gasteiger partial charge in [0.2, 0.25) is 0 Å². The van der Waals surface area contributed by atoms with E-state index >= 15 is 0 Å². The molecule has 0 aliphatic carbocycles. The zero-order valence-electron chi connectivity index (χ0n) is 7.13. The first kappa shape index (κ1) is 13.3. The molecule has 0 unspecified atom stereocenters. The highest BCUT2D eigenvalue weighted by atomic mass is 35.5. The fraction of sp³-hybridized carbons (Fsp3) is 0.857. The van der Waals surface area contributed by atoms with E-state index in [0.717, 1.165) is 0 Å². The van der Waals surface area contributed by atoms with Crippen LogP contribution in [-0.4, -0.2) is 17.6 Å². The van der Waals surface area contributed by atoms with Crippen LogP contribution in [0.3, 0.4) is 0 Å². The van der Waals surface area contributed by atoms with Gasteiger partial charge in [-0.05, 0) is 5.41 Å². The average molecular weight is 182 g/mol. The second-order valence-corrected chi connectivity index (χ2v) is 3.49. The third-order valence-electron chi connectivity index (χ3n) is 1.58. The Morgan fingerprint density at radius 2 is 1.91 bits per heavy atom. The topological polar surface area (TPSA) is 63.3 Å². The first-order valence-corrected chi connectivity index (χ1v) is 3.32. The molecule has 0 aromatic rings. The Labute approximate surface area is 73.4 Å². The molecule has 0 saturated carbocycles. The van der Waals surface area contributed by atoms with Crippen LogP contribution < -0.4 is 5.73 Å². The molecule has 0 saturated heterocycles. The number of halogens is 1. The van der Waals surface area contributed by atoms with Crippen molar-refractivity contribution < 1.29 is 9.90 Å². The van der Waals surface area contributed by atoms with Gasteiger partial charge < -0.3 is 10.8 Å². The zero-order chi connectivity index (χ0) is 8.36. The first-order chi connectivity index (χ1) is 4.39. The lowest BCUT2D eigenvalue weighted by molar-refractivity contribution is -0.144. The largest absolute Gasteiger partial charge is 0.481 e. The highest BCUT2D eigenvalue weighted by molar-refractivity contribution is 5.85. The van der Waals surface area contributed by atoms with Crippen molar-refractivity contribution in [3.05, 3.63) is 0 Å². The van der Waals surface area contributed by atoms with Crippen molar-refractivity contribution in [2.45, 2.75) is 20.8 Å². The van der Waals surface area contributed by atoms with E-state index in [1.807, 2.05) is 20.8 Å². The van der Waals surface area contributed by atoms with E-state index in [1.54, 1.807) is 0 Å². The van der Waals surface area contributed by atoms with Crippen LogP contribution in [0.2, 0.25) is 0 Å². The molecule has 0 spiro atoms. The molecule has 3 nitrogen and oxygen atoms in total. The molecule has 0 bridgehead atoms. The summed E-state index contributed by atoms with van der Waals surface area (Å²) in [7, 11) is 0. The molecule has 0 heterocycles. The molecule has 0 radical (unpaired) electrons. The predicted octanol–water partition coefficient (Wildman–Crippen LogP) is 1.11. The van der Waals surface area contributed by atoms with Crippen LogP contribution in [0, 0.1) is 11.3 Å². The van der Waals surface area contributed by atoms with Crippen LogP contribution in [0.15, 0.2) is 0 Å². The Morgan fingerprint density at radius 3 is 1.91 bits per heavy atom. The monoisotopic (exact) mass is 181 g/mol. The number of aliphatic carboxylic acids is 1. The number of nitrogens with two attached hydrogens (primary N) is 1. The van der Waals surface area contributed by atoms with Crippen molar-refractivity contribution in [2.24, 2.45) is 17.1 Å². The SMILES string of the molecule is CC(C)(C)[C@H](CN)C(=O)O.Cl. The Morgan fingerprint density at radius 1 is 1.55 bits per heavy atom. The second kappa shape index (κ2) is 4.57. The van der Waals surface area contributed by atoms with Crippen LogP contribution in [0.25, 0.3) is 0 Å². The lowest BCUT2D eigenvalue weighted by Crippen LogP contribution is -2.34. The molecule has 4 heteroatoms. The second-order valence-electron chi connectivity index (χ2n) is 3.49. The Bertz CT molecular complexity index is 131. The first-order valence-electron chi connectivity index (χ1n) is 3.32. The van der Waals surface area contributed by atoms with Gasteiger partial charge in [0.05, 0.1) is 5.92 Å². The van der Waals surface area contributed by atoms with E-state index in [-0.39, 0.29) is 24.4 Å². The van der Waals surface area contributed by atoms with Gasteiger partial charge in [0.25, 0.3) is 0 Å². The van der Waals surface area contributed by atoms with Crippen molar-refractivity contribution in [3.63, 3.8) is 0 Å². The lowest BCUT2D eigenvalue weighted by Gasteiger charge is -2.25. The predicted molar refractivity (Wildman–Crippen MR) is 46.9 cm³/mol. The normalized spacial score (nSPS) is 13.5. The molecular formula is C7H16ClNO2. The van der Waals surface area contributed by atoms with Crippen molar-refractivity contribution in [2.75, 3.05) is 6.54 Å². The minimum atomic E-state index is -0.810. The van der Waals surface area contributed by atoms with E-state index in [0.29, 0.717) is 0 Å².